The first-order valence-corrected chi connectivity index (χ1v) is 7.72. The fourth-order valence-electron chi connectivity index (χ4n) is 2.95. The van der Waals surface area contributed by atoms with Crippen LogP contribution >= 0.6 is 15.9 Å². The molecule has 1 aromatic rings. The number of methoxy groups -OCH3 is 1. The van der Waals surface area contributed by atoms with Crippen molar-refractivity contribution in [3.63, 3.8) is 0 Å². The van der Waals surface area contributed by atoms with Gasteiger partial charge in [0, 0.05) is 23.1 Å². The average molecular weight is 327 g/mol. The lowest BCUT2D eigenvalue weighted by Gasteiger charge is -2.37. The van der Waals surface area contributed by atoms with Gasteiger partial charge in [0.2, 0.25) is 0 Å². The quantitative estimate of drug-likeness (QED) is 0.923. The lowest BCUT2D eigenvalue weighted by Crippen LogP contribution is -2.40. The van der Waals surface area contributed by atoms with Crippen LogP contribution < -0.4 is 10.5 Å². The maximum atomic E-state index is 6.04. The van der Waals surface area contributed by atoms with Gasteiger partial charge in [0.1, 0.15) is 5.75 Å². The van der Waals surface area contributed by atoms with Crippen molar-refractivity contribution in [3.8, 4) is 5.75 Å². The first kappa shape index (κ1) is 14.8. The molecule has 2 atom stereocenters. The number of rotatable bonds is 4. The number of likely N-dealkylation sites (tertiary alicyclic amines) is 1. The van der Waals surface area contributed by atoms with E-state index in [0.29, 0.717) is 6.54 Å². The van der Waals surface area contributed by atoms with Gasteiger partial charge >= 0.3 is 0 Å². The summed E-state index contributed by atoms with van der Waals surface area (Å²) < 4.78 is 6.57. The molecule has 0 radical (unpaired) electrons. The Balaban J connectivity index is 2.27. The molecule has 1 fully saturated rings. The van der Waals surface area contributed by atoms with Crippen LogP contribution in [0.4, 0.5) is 0 Å². The Kier molecular flexibility index (Phi) is 5.25. The second-order valence-electron chi connectivity index (χ2n) is 5.38. The van der Waals surface area contributed by atoms with E-state index in [9.17, 15) is 0 Å². The molecule has 1 saturated heterocycles. The van der Waals surface area contributed by atoms with Crippen molar-refractivity contribution in [2.45, 2.75) is 25.8 Å². The highest BCUT2D eigenvalue weighted by molar-refractivity contribution is 9.10. The van der Waals surface area contributed by atoms with Gasteiger partial charge < -0.3 is 10.5 Å². The third-order valence-electron chi connectivity index (χ3n) is 3.90. The summed E-state index contributed by atoms with van der Waals surface area (Å²) in [5, 5.41) is 0. The van der Waals surface area contributed by atoms with Crippen molar-refractivity contribution in [3.05, 3.63) is 28.2 Å². The maximum Gasteiger partial charge on any atom is 0.123 e. The van der Waals surface area contributed by atoms with Gasteiger partial charge in [-0.2, -0.15) is 0 Å². The zero-order valence-corrected chi connectivity index (χ0v) is 13.3. The largest absolute Gasteiger partial charge is 0.496 e. The number of ether oxygens (including phenoxy) is 1. The summed E-state index contributed by atoms with van der Waals surface area (Å²) in [4.78, 5) is 2.50. The molecule has 1 heterocycles. The first-order chi connectivity index (χ1) is 9.15. The van der Waals surface area contributed by atoms with Crippen molar-refractivity contribution >= 4 is 15.9 Å². The Bertz CT molecular complexity index is 425. The number of hydrogen-bond acceptors (Lipinski definition) is 3. The van der Waals surface area contributed by atoms with Gasteiger partial charge in [0.25, 0.3) is 0 Å². The number of piperidine rings is 1. The van der Waals surface area contributed by atoms with Crippen molar-refractivity contribution in [1.82, 2.24) is 4.90 Å². The zero-order valence-electron chi connectivity index (χ0n) is 11.7. The van der Waals surface area contributed by atoms with Gasteiger partial charge in [0.15, 0.2) is 0 Å². The topological polar surface area (TPSA) is 38.5 Å². The van der Waals surface area contributed by atoms with Crippen LogP contribution in [0.1, 0.15) is 31.4 Å². The highest BCUT2D eigenvalue weighted by Crippen LogP contribution is 2.33. The van der Waals surface area contributed by atoms with Gasteiger partial charge in [-0.05, 0) is 43.5 Å². The van der Waals surface area contributed by atoms with Gasteiger partial charge in [-0.1, -0.05) is 22.9 Å². The van der Waals surface area contributed by atoms with Crippen LogP contribution in [0.3, 0.4) is 0 Å². The van der Waals surface area contributed by atoms with Crippen LogP contribution in [0.2, 0.25) is 0 Å². The number of hydrogen-bond donors (Lipinski definition) is 1. The summed E-state index contributed by atoms with van der Waals surface area (Å²) in [6.45, 7) is 5.19. The molecule has 0 saturated carbocycles. The molecule has 3 nitrogen and oxygen atoms in total. The molecule has 0 spiro atoms. The minimum atomic E-state index is 0.246. The minimum Gasteiger partial charge on any atom is -0.496 e. The predicted octanol–water partition coefficient (Wildman–Crippen LogP) is 3.19. The second kappa shape index (κ2) is 6.73. The van der Waals surface area contributed by atoms with E-state index < -0.39 is 0 Å². The molecular weight excluding hydrogens is 304 g/mol. The van der Waals surface area contributed by atoms with E-state index >= 15 is 0 Å². The van der Waals surface area contributed by atoms with E-state index in [0.717, 1.165) is 29.2 Å². The molecule has 2 unspecified atom stereocenters. The van der Waals surface area contributed by atoms with Gasteiger partial charge in [-0.25, -0.2) is 0 Å². The number of halogens is 1. The van der Waals surface area contributed by atoms with Gasteiger partial charge in [-0.3, -0.25) is 4.90 Å². The molecule has 0 aromatic heterocycles. The van der Waals surface area contributed by atoms with E-state index in [4.69, 9.17) is 10.5 Å². The van der Waals surface area contributed by atoms with Crippen LogP contribution in [-0.2, 0) is 0 Å². The molecule has 0 bridgehead atoms. The fraction of sp³-hybridized carbons (Fsp3) is 0.600. The molecule has 0 amide bonds. The summed E-state index contributed by atoms with van der Waals surface area (Å²) in [7, 11) is 1.72. The van der Waals surface area contributed by atoms with Crippen molar-refractivity contribution in [2.75, 3.05) is 26.7 Å². The zero-order chi connectivity index (χ0) is 13.8. The number of benzene rings is 1. The molecule has 1 aliphatic heterocycles. The Morgan fingerprint density at radius 3 is 2.95 bits per heavy atom. The summed E-state index contributed by atoms with van der Waals surface area (Å²) in [6, 6.07) is 6.40. The predicted molar refractivity (Wildman–Crippen MR) is 82.5 cm³/mol. The van der Waals surface area contributed by atoms with Crippen molar-refractivity contribution < 1.29 is 4.74 Å². The molecule has 2 rings (SSSR count). The molecular formula is C15H23BrN2O. The molecule has 1 aromatic carbocycles. The third kappa shape index (κ3) is 3.50. The number of nitrogens with zero attached hydrogens (tertiary/aromatic N) is 1. The Morgan fingerprint density at radius 1 is 1.53 bits per heavy atom. The van der Waals surface area contributed by atoms with Crippen molar-refractivity contribution in [2.24, 2.45) is 11.7 Å². The van der Waals surface area contributed by atoms with E-state index in [1.165, 1.54) is 18.4 Å². The molecule has 0 aliphatic carbocycles. The average Bonchev–Trinajstić information content (AvgIpc) is 2.40. The van der Waals surface area contributed by atoms with Crippen LogP contribution in [0, 0.1) is 5.92 Å². The summed E-state index contributed by atoms with van der Waals surface area (Å²) in [5.74, 6) is 1.68. The molecule has 19 heavy (non-hydrogen) atoms. The second-order valence-corrected chi connectivity index (χ2v) is 6.30. The highest BCUT2D eigenvalue weighted by atomic mass is 79.9. The van der Waals surface area contributed by atoms with Crippen LogP contribution in [0.15, 0.2) is 22.7 Å². The number of nitrogens with two attached hydrogens (primary N) is 1. The van der Waals surface area contributed by atoms with Gasteiger partial charge in [0.05, 0.1) is 13.2 Å². The fourth-order valence-corrected chi connectivity index (χ4v) is 3.33. The summed E-state index contributed by atoms with van der Waals surface area (Å²) in [6.07, 6.45) is 2.58. The summed E-state index contributed by atoms with van der Waals surface area (Å²) >= 11 is 3.54. The minimum absolute atomic E-state index is 0.246. The van der Waals surface area contributed by atoms with E-state index in [2.05, 4.69) is 33.8 Å². The Morgan fingerprint density at radius 2 is 2.32 bits per heavy atom. The van der Waals surface area contributed by atoms with E-state index in [1.807, 2.05) is 12.1 Å². The smallest absolute Gasteiger partial charge is 0.123 e. The van der Waals surface area contributed by atoms with Crippen LogP contribution in [-0.4, -0.2) is 31.6 Å². The van der Waals surface area contributed by atoms with Gasteiger partial charge in [-0.15, -0.1) is 0 Å². The normalized spacial score (nSPS) is 22.2. The van der Waals surface area contributed by atoms with Crippen LogP contribution in [0.25, 0.3) is 0 Å². The molecule has 106 valence electrons. The summed E-state index contributed by atoms with van der Waals surface area (Å²) in [5.41, 5.74) is 7.23. The monoisotopic (exact) mass is 326 g/mol. The SMILES string of the molecule is COc1ccc(Br)cc1C(CN)N1CCCC(C)C1. The Hall–Kier alpha value is -0.580. The van der Waals surface area contributed by atoms with E-state index in [1.54, 1.807) is 7.11 Å². The van der Waals surface area contributed by atoms with E-state index in [-0.39, 0.29) is 6.04 Å². The van der Waals surface area contributed by atoms with Crippen LogP contribution in [0.5, 0.6) is 5.75 Å². The standard InChI is InChI=1S/C15H23BrN2O/c1-11-4-3-7-18(10-11)14(9-17)13-8-12(16)5-6-15(13)19-2/h5-6,8,11,14H,3-4,7,9-10,17H2,1-2H3. The maximum absolute atomic E-state index is 6.04. The molecule has 4 heteroatoms. The molecule has 1 aliphatic rings. The lowest BCUT2D eigenvalue weighted by molar-refractivity contribution is 0.131. The Labute approximate surface area is 124 Å². The molecule has 2 N–H and O–H groups in total. The van der Waals surface area contributed by atoms with Crippen molar-refractivity contribution in [1.29, 1.82) is 0 Å². The third-order valence-corrected chi connectivity index (χ3v) is 4.40. The lowest BCUT2D eigenvalue weighted by atomic mass is 9.96. The first-order valence-electron chi connectivity index (χ1n) is 6.93. The highest BCUT2D eigenvalue weighted by Gasteiger charge is 2.26.